The van der Waals surface area contributed by atoms with Gasteiger partial charge in [0.1, 0.15) is 0 Å². The van der Waals surface area contributed by atoms with Gasteiger partial charge in [0.2, 0.25) is 0 Å². The van der Waals surface area contributed by atoms with E-state index in [2.05, 4.69) is 66.6 Å². The van der Waals surface area contributed by atoms with Gasteiger partial charge in [-0.3, -0.25) is 5.01 Å². The van der Waals surface area contributed by atoms with Crippen LogP contribution in [0.25, 0.3) is 0 Å². The first kappa shape index (κ1) is 14.8. The zero-order chi connectivity index (χ0) is 14.2. The minimum Gasteiger partial charge on any atom is -0.262 e. The fourth-order valence-electron chi connectivity index (χ4n) is 2.53. The Morgan fingerprint density at radius 1 is 0.950 bits per heavy atom. The summed E-state index contributed by atoms with van der Waals surface area (Å²) in [5.74, 6) is 1.58. The summed E-state index contributed by atoms with van der Waals surface area (Å²) < 4.78 is 0. The monoisotopic (exact) mass is 270 g/mol. The normalized spacial score (nSPS) is 28.2. The molecule has 2 rings (SSSR count). The molecule has 1 aliphatic rings. The minimum atomic E-state index is 0.777. The number of rotatable bonds is 1. The van der Waals surface area contributed by atoms with E-state index in [1.165, 1.54) is 19.3 Å². The van der Waals surface area contributed by atoms with E-state index >= 15 is 0 Å². The Labute approximate surface area is 123 Å². The molecule has 2 nitrogen and oxygen atoms in total. The van der Waals surface area contributed by atoms with E-state index in [1.54, 1.807) is 0 Å². The van der Waals surface area contributed by atoms with Gasteiger partial charge in [0, 0.05) is 6.21 Å². The van der Waals surface area contributed by atoms with Gasteiger partial charge in [0.05, 0.1) is 12.2 Å². The van der Waals surface area contributed by atoms with Crippen molar-refractivity contribution in [1.29, 1.82) is 0 Å². The molecule has 1 unspecified atom stereocenters. The summed E-state index contributed by atoms with van der Waals surface area (Å²) in [4.78, 5) is 0. The van der Waals surface area contributed by atoms with E-state index in [1.807, 2.05) is 6.07 Å². The highest BCUT2D eigenvalue weighted by atomic mass is 15.4. The first-order chi connectivity index (χ1) is 9.77. The van der Waals surface area contributed by atoms with Crippen molar-refractivity contribution in [3.05, 3.63) is 42.5 Å². The molecule has 0 fully saturated rings. The number of hydrogen-bond acceptors (Lipinski definition) is 2. The molecule has 1 aromatic rings. The van der Waals surface area contributed by atoms with Gasteiger partial charge in [0.25, 0.3) is 0 Å². The summed E-state index contributed by atoms with van der Waals surface area (Å²) in [6, 6.07) is 10.4. The van der Waals surface area contributed by atoms with Gasteiger partial charge in [-0.05, 0) is 49.7 Å². The molecule has 1 aliphatic heterocycles. The molecule has 0 radical (unpaired) electrons. The maximum Gasteiger partial charge on any atom is 0.0597 e. The standard InChI is InChI=1S/C18H26N2/c1-16-10-5-4-8-15-20(18-12-6-3-7-13-18)19-14-9-11-17(16)2/h3-4,6-8,12-14,16-17H,5,9-11,15H2,1-2H3/b8-4+,19-14-/t16-,17?/m0/s1. The number of hydrazone groups is 1. The van der Waals surface area contributed by atoms with Gasteiger partial charge in [-0.25, -0.2) is 0 Å². The molecule has 0 amide bonds. The number of hydrogen-bond donors (Lipinski definition) is 0. The molecule has 1 aromatic carbocycles. The van der Waals surface area contributed by atoms with Crippen LogP contribution in [-0.2, 0) is 0 Å². The zero-order valence-corrected chi connectivity index (χ0v) is 12.7. The van der Waals surface area contributed by atoms with Crippen molar-refractivity contribution in [2.45, 2.75) is 39.5 Å². The molecule has 1 heterocycles. The largest absolute Gasteiger partial charge is 0.262 e. The highest BCUT2D eigenvalue weighted by Gasteiger charge is 2.11. The van der Waals surface area contributed by atoms with Crippen molar-refractivity contribution in [2.24, 2.45) is 16.9 Å². The van der Waals surface area contributed by atoms with E-state index in [0.29, 0.717) is 0 Å². The number of benzene rings is 1. The van der Waals surface area contributed by atoms with E-state index in [4.69, 9.17) is 0 Å². The second-order valence-electron chi connectivity index (χ2n) is 5.80. The summed E-state index contributed by atoms with van der Waals surface area (Å²) in [5, 5.41) is 6.72. The summed E-state index contributed by atoms with van der Waals surface area (Å²) in [6.45, 7) is 5.59. The van der Waals surface area contributed by atoms with Crippen LogP contribution in [0.4, 0.5) is 5.69 Å². The quantitative estimate of drug-likeness (QED) is 0.664. The lowest BCUT2D eigenvalue weighted by atomic mass is 9.88. The fourth-order valence-corrected chi connectivity index (χ4v) is 2.53. The third-order valence-corrected chi connectivity index (χ3v) is 4.23. The summed E-state index contributed by atoms with van der Waals surface area (Å²) in [6.07, 6.45) is 11.4. The highest BCUT2D eigenvalue weighted by Crippen LogP contribution is 2.22. The highest BCUT2D eigenvalue weighted by molar-refractivity contribution is 5.60. The number of allylic oxidation sites excluding steroid dienone is 1. The number of para-hydroxylation sites is 1. The Balaban J connectivity index is 2.06. The first-order valence-electron chi connectivity index (χ1n) is 7.77. The molecule has 20 heavy (non-hydrogen) atoms. The topological polar surface area (TPSA) is 15.6 Å². The maximum atomic E-state index is 4.64. The van der Waals surface area contributed by atoms with E-state index < -0.39 is 0 Å². The maximum absolute atomic E-state index is 4.64. The predicted octanol–water partition coefficient (Wildman–Crippen LogP) is 4.88. The smallest absolute Gasteiger partial charge is 0.0597 e. The Morgan fingerprint density at radius 2 is 1.65 bits per heavy atom. The van der Waals surface area contributed by atoms with Crippen LogP contribution in [-0.4, -0.2) is 12.8 Å². The Kier molecular flexibility index (Phi) is 5.85. The average Bonchev–Trinajstić information content (AvgIpc) is 2.48. The molecule has 0 saturated heterocycles. The van der Waals surface area contributed by atoms with Crippen LogP contribution in [0, 0.1) is 11.8 Å². The van der Waals surface area contributed by atoms with Crippen LogP contribution >= 0.6 is 0 Å². The molecule has 0 aromatic heterocycles. The van der Waals surface area contributed by atoms with Crippen molar-refractivity contribution in [3.63, 3.8) is 0 Å². The molecular formula is C18H26N2. The lowest BCUT2D eigenvalue weighted by molar-refractivity contribution is 0.351. The second-order valence-corrected chi connectivity index (χ2v) is 5.80. The van der Waals surface area contributed by atoms with Crippen molar-refractivity contribution >= 4 is 11.9 Å². The van der Waals surface area contributed by atoms with E-state index in [0.717, 1.165) is 30.5 Å². The van der Waals surface area contributed by atoms with Crippen LogP contribution in [0.5, 0.6) is 0 Å². The molecule has 0 N–H and O–H groups in total. The Bertz CT molecular complexity index is 436. The fraction of sp³-hybridized carbons (Fsp3) is 0.500. The predicted molar refractivity (Wildman–Crippen MR) is 88.2 cm³/mol. The van der Waals surface area contributed by atoms with Crippen LogP contribution in [0.3, 0.4) is 0 Å². The Morgan fingerprint density at radius 3 is 2.40 bits per heavy atom. The molecular weight excluding hydrogens is 244 g/mol. The third kappa shape index (κ3) is 4.52. The lowest BCUT2D eigenvalue weighted by Gasteiger charge is -2.20. The van der Waals surface area contributed by atoms with Crippen LogP contribution in [0.15, 0.2) is 47.6 Å². The molecule has 2 heteroatoms. The minimum absolute atomic E-state index is 0.777. The summed E-state index contributed by atoms with van der Waals surface area (Å²) >= 11 is 0. The van der Waals surface area contributed by atoms with Crippen molar-refractivity contribution < 1.29 is 0 Å². The van der Waals surface area contributed by atoms with Gasteiger partial charge in [-0.2, -0.15) is 5.10 Å². The van der Waals surface area contributed by atoms with Crippen molar-refractivity contribution in [2.75, 3.05) is 11.6 Å². The van der Waals surface area contributed by atoms with Gasteiger partial charge in [-0.15, -0.1) is 0 Å². The van der Waals surface area contributed by atoms with E-state index in [9.17, 15) is 0 Å². The molecule has 0 bridgehead atoms. The molecule has 0 saturated carbocycles. The van der Waals surface area contributed by atoms with E-state index in [-0.39, 0.29) is 0 Å². The second kappa shape index (κ2) is 7.88. The van der Waals surface area contributed by atoms with Crippen LogP contribution in [0.1, 0.15) is 39.5 Å². The van der Waals surface area contributed by atoms with Crippen LogP contribution < -0.4 is 5.01 Å². The summed E-state index contributed by atoms with van der Waals surface area (Å²) in [5.41, 5.74) is 1.16. The lowest BCUT2D eigenvalue weighted by Crippen LogP contribution is -2.17. The summed E-state index contributed by atoms with van der Waals surface area (Å²) in [7, 11) is 0. The first-order valence-corrected chi connectivity index (χ1v) is 7.77. The van der Waals surface area contributed by atoms with Gasteiger partial charge < -0.3 is 0 Å². The van der Waals surface area contributed by atoms with Gasteiger partial charge in [0.15, 0.2) is 0 Å². The van der Waals surface area contributed by atoms with Crippen molar-refractivity contribution in [3.8, 4) is 0 Å². The third-order valence-electron chi connectivity index (χ3n) is 4.23. The zero-order valence-electron chi connectivity index (χ0n) is 12.7. The van der Waals surface area contributed by atoms with Crippen molar-refractivity contribution in [1.82, 2.24) is 0 Å². The Hall–Kier alpha value is -1.57. The molecule has 0 spiro atoms. The van der Waals surface area contributed by atoms with Gasteiger partial charge in [-0.1, -0.05) is 44.2 Å². The average molecular weight is 270 g/mol. The SMILES string of the molecule is CC1CC/C=N\N(c2ccccc2)C/C=C/CC[C@@H]1C. The number of anilines is 1. The molecule has 0 aliphatic carbocycles. The number of nitrogens with zero attached hydrogens (tertiary/aromatic N) is 2. The van der Waals surface area contributed by atoms with Crippen LogP contribution in [0.2, 0.25) is 0 Å². The molecule has 2 atom stereocenters. The molecule has 108 valence electrons. The van der Waals surface area contributed by atoms with Gasteiger partial charge >= 0.3 is 0 Å².